The van der Waals surface area contributed by atoms with Gasteiger partial charge in [0.1, 0.15) is 0 Å². The van der Waals surface area contributed by atoms with E-state index in [1.54, 1.807) is 0 Å². The Bertz CT molecular complexity index is 261. The Kier molecular flexibility index (Phi) is 2.90. The van der Waals surface area contributed by atoms with E-state index in [4.69, 9.17) is 0 Å². The molecule has 0 spiro atoms. The summed E-state index contributed by atoms with van der Waals surface area (Å²) in [4.78, 5) is 0. The molecule has 0 unspecified atom stereocenters. The zero-order valence-electron chi connectivity index (χ0n) is 8.59. The number of aromatic nitrogens is 2. The van der Waals surface area contributed by atoms with Gasteiger partial charge in [0.2, 0.25) is 5.69 Å². The van der Waals surface area contributed by atoms with Crippen LogP contribution in [0.2, 0.25) is 0 Å². The van der Waals surface area contributed by atoms with Gasteiger partial charge in [-0.25, -0.2) is 0 Å². The third kappa shape index (κ3) is 1.68. The van der Waals surface area contributed by atoms with E-state index in [0.717, 1.165) is 6.54 Å². The average Bonchev–Trinajstić information content (AvgIpc) is 2.25. The molecular weight excluding hydrogens is 148 g/mol. The molecule has 1 rings (SSSR count). The Morgan fingerprint density at radius 2 is 2.08 bits per heavy atom. The van der Waals surface area contributed by atoms with Gasteiger partial charge in [0, 0.05) is 19.4 Å². The molecule has 0 atom stereocenters. The van der Waals surface area contributed by atoms with Crippen LogP contribution in [0.15, 0.2) is 6.07 Å². The molecule has 0 saturated carbocycles. The molecule has 1 aromatic rings. The van der Waals surface area contributed by atoms with Gasteiger partial charge in [-0.3, -0.25) is 0 Å². The number of rotatable bonds is 3. The first-order valence-corrected chi connectivity index (χ1v) is 4.70. The predicted octanol–water partition coefficient (Wildman–Crippen LogP) is 1.73. The second kappa shape index (κ2) is 3.74. The fourth-order valence-corrected chi connectivity index (χ4v) is 1.53. The van der Waals surface area contributed by atoms with E-state index in [1.165, 1.54) is 24.2 Å². The van der Waals surface area contributed by atoms with E-state index in [2.05, 4.69) is 43.2 Å². The lowest BCUT2D eigenvalue weighted by atomic mass is 10.3. The monoisotopic (exact) mass is 167 g/mol. The van der Waals surface area contributed by atoms with Crippen molar-refractivity contribution in [3.63, 3.8) is 0 Å². The summed E-state index contributed by atoms with van der Waals surface area (Å²) in [5, 5.41) is 0. The fraction of sp³-hybridized carbons (Fsp3) is 0.700. The molecule has 68 valence electrons. The molecule has 0 radical (unpaired) electrons. The lowest BCUT2D eigenvalue weighted by Gasteiger charge is -1.98. The number of hydrogen-bond donors (Lipinski definition) is 0. The van der Waals surface area contributed by atoms with Crippen LogP contribution in [0.3, 0.4) is 0 Å². The minimum Gasteiger partial charge on any atom is -0.161 e. The van der Waals surface area contributed by atoms with Crippen LogP contribution < -0.4 is 4.68 Å². The minimum atomic E-state index is 1.15. The topological polar surface area (TPSA) is 8.81 Å². The van der Waals surface area contributed by atoms with E-state index < -0.39 is 0 Å². The SMILES string of the molecule is CCCC[n+]1c(C)cc(C)n1C. The van der Waals surface area contributed by atoms with Gasteiger partial charge in [0.15, 0.2) is 6.54 Å². The summed E-state index contributed by atoms with van der Waals surface area (Å²) in [5.74, 6) is 0. The molecule has 2 heteroatoms. The van der Waals surface area contributed by atoms with Gasteiger partial charge in [-0.1, -0.05) is 13.3 Å². The zero-order chi connectivity index (χ0) is 9.14. The minimum absolute atomic E-state index is 1.15. The standard InChI is InChI=1S/C10H19N2/c1-5-6-7-12-10(3)8-9(2)11(12)4/h8H,5-7H2,1-4H3/q+1. The van der Waals surface area contributed by atoms with Gasteiger partial charge in [0.25, 0.3) is 0 Å². The second-order valence-corrected chi connectivity index (χ2v) is 3.43. The van der Waals surface area contributed by atoms with E-state index in [1.807, 2.05) is 0 Å². The van der Waals surface area contributed by atoms with Gasteiger partial charge >= 0.3 is 0 Å². The Balaban J connectivity index is 2.82. The largest absolute Gasteiger partial charge is 0.205 e. The molecule has 0 saturated heterocycles. The quantitative estimate of drug-likeness (QED) is 0.606. The summed E-state index contributed by atoms with van der Waals surface area (Å²) in [5.41, 5.74) is 2.70. The fourth-order valence-electron chi connectivity index (χ4n) is 1.53. The smallest absolute Gasteiger partial charge is 0.161 e. The molecule has 0 N–H and O–H groups in total. The zero-order valence-corrected chi connectivity index (χ0v) is 8.59. The third-order valence-corrected chi connectivity index (χ3v) is 2.42. The molecule has 0 aliphatic carbocycles. The maximum atomic E-state index is 2.33. The number of unbranched alkanes of at least 4 members (excludes halogenated alkanes) is 1. The van der Waals surface area contributed by atoms with Crippen molar-refractivity contribution < 1.29 is 4.68 Å². The molecule has 0 aliphatic rings. The number of aryl methyl sites for hydroxylation is 2. The Morgan fingerprint density at radius 1 is 1.42 bits per heavy atom. The predicted molar refractivity (Wildman–Crippen MR) is 50.0 cm³/mol. The molecule has 0 amide bonds. The summed E-state index contributed by atoms with van der Waals surface area (Å²) >= 11 is 0. The number of hydrogen-bond acceptors (Lipinski definition) is 0. The lowest BCUT2D eigenvalue weighted by Crippen LogP contribution is -2.44. The van der Waals surface area contributed by atoms with E-state index in [-0.39, 0.29) is 0 Å². The Hall–Kier alpha value is -0.790. The summed E-state index contributed by atoms with van der Waals surface area (Å²) in [6.45, 7) is 7.69. The maximum Gasteiger partial charge on any atom is 0.205 e. The van der Waals surface area contributed by atoms with Crippen molar-refractivity contribution in [2.45, 2.75) is 40.2 Å². The van der Waals surface area contributed by atoms with Gasteiger partial charge in [-0.05, 0) is 6.92 Å². The Labute approximate surface area is 74.8 Å². The van der Waals surface area contributed by atoms with Crippen molar-refractivity contribution in [3.05, 3.63) is 17.5 Å². The van der Waals surface area contributed by atoms with Crippen LogP contribution in [0, 0.1) is 13.8 Å². The van der Waals surface area contributed by atoms with Gasteiger partial charge in [0.05, 0.1) is 12.7 Å². The first-order chi connectivity index (χ1) is 5.66. The first-order valence-electron chi connectivity index (χ1n) is 4.70. The van der Waals surface area contributed by atoms with Gasteiger partial charge < -0.3 is 0 Å². The summed E-state index contributed by atoms with van der Waals surface area (Å²) in [6.07, 6.45) is 2.53. The normalized spacial score (nSPS) is 10.7. The summed E-state index contributed by atoms with van der Waals surface area (Å²) in [7, 11) is 2.12. The summed E-state index contributed by atoms with van der Waals surface area (Å²) in [6, 6.07) is 2.23. The Morgan fingerprint density at radius 3 is 2.50 bits per heavy atom. The second-order valence-electron chi connectivity index (χ2n) is 3.43. The van der Waals surface area contributed by atoms with Crippen LogP contribution in [0.25, 0.3) is 0 Å². The highest BCUT2D eigenvalue weighted by molar-refractivity contribution is 5.00. The van der Waals surface area contributed by atoms with Crippen LogP contribution in [0.4, 0.5) is 0 Å². The van der Waals surface area contributed by atoms with E-state index in [9.17, 15) is 0 Å². The highest BCUT2D eigenvalue weighted by Gasteiger charge is 2.12. The van der Waals surface area contributed by atoms with E-state index in [0.29, 0.717) is 0 Å². The summed E-state index contributed by atoms with van der Waals surface area (Å²) < 4.78 is 4.56. The van der Waals surface area contributed by atoms with Crippen LogP contribution in [0.5, 0.6) is 0 Å². The van der Waals surface area contributed by atoms with E-state index >= 15 is 0 Å². The molecule has 1 heterocycles. The molecular formula is C10H19N2+. The molecule has 0 aromatic carbocycles. The van der Waals surface area contributed by atoms with Crippen LogP contribution >= 0.6 is 0 Å². The molecule has 2 nitrogen and oxygen atoms in total. The average molecular weight is 167 g/mol. The van der Waals surface area contributed by atoms with Gasteiger partial charge in [-0.2, -0.15) is 4.68 Å². The van der Waals surface area contributed by atoms with Crippen molar-refractivity contribution in [1.82, 2.24) is 4.68 Å². The van der Waals surface area contributed by atoms with Crippen molar-refractivity contribution in [2.75, 3.05) is 0 Å². The van der Waals surface area contributed by atoms with Crippen molar-refractivity contribution in [3.8, 4) is 0 Å². The number of nitrogens with zero attached hydrogens (tertiary/aromatic N) is 2. The molecule has 1 aromatic heterocycles. The lowest BCUT2D eigenvalue weighted by molar-refractivity contribution is -0.778. The van der Waals surface area contributed by atoms with Crippen LogP contribution in [0.1, 0.15) is 31.2 Å². The highest BCUT2D eigenvalue weighted by Crippen LogP contribution is 1.98. The molecule has 0 bridgehead atoms. The molecule has 12 heavy (non-hydrogen) atoms. The third-order valence-electron chi connectivity index (χ3n) is 2.42. The highest BCUT2D eigenvalue weighted by atomic mass is 15.4. The van der Waals surface area contributed by atoms with Crippen molar-refractivity contribution >= 4 is 0 Å². The molecule has 0 aliphatic heterocycles. The molecule has 0 fully saturated rings. The van der Waals surface area contributed by atoms with Crippen LogP contribution in [-0.2, 0) is 13.6 Å². The maximum absolute atomic E-state index is 2.33. The van der Waals surface area contributed by atoms with Crippen molar-refractivity contribution in [1.29, 1.82) is 0 Å². The van der Waals surface area contributed by atoms with Crippen molar-refractivity contribution in [2.24, 2.45) is 7.05 Å². The van der Waals surface area contributed by atoms with Crippen LogP contribution in [-0.4, -0.2) is 4.68 Å². The first kappa shape index (κ1) is 9.30. The van der Waals surface area contributed by atoms with Gasteiger partial charge in [-0.15, -0.1) is 4.68 Å².